The van der Waals surface area contributed by atoms with E-state index in [-0.39, 0.29) is 11.6 Å². The maximum Gasteiger partial charge on any atom is 0.125 e. The van der Waals surface area contributed by atoms with Crippen LogP contribution in [0.2, 0.25) is 0 Å². The highest BCUT2D eigenvalue weighted by molar-refractivity contribution is 5.82. The zero-order valence-electron chi connectivity index (χ0n) is 15.3. The lowest BCUT2D eigenvalue weighted by Gasteiger charge is -2.32. The first-order valence-corrected chi connectivity index (χ1v) is 9.56. The van der Waals surface area contributed by atoms with Crippen molar-refractivity contribution in [3.63, 3.8) is 0 Å². The van der Waals surface area contributed by atoms with Crippen LogP contribution in [0, 0.1) is 11.6 Å². The summed E-state index contributed by atoms with van der Waals surface area (Å²) in [6, 6.07) is 11.4. The Morgan fingerprint density at radius 2 is 1.71 bits per heavy atom. The topological polar surface area (TPSA) is 44.8 Å². The lowest BCUT2D eigenvalue weighted by atomic mass is 9.87. The summed E-state index contributed by atoms with van der Waals surface area (Å²) in [6.07, 6.45) is 3.82. The number of hydrogen-bond donors (Lipinski definition) is 1. The van der Waals surface area contributed by atoms with E-state index in [1.807, 2.05) is 12.3 Å². The second-order valence-corrected chi connectivity index (χ2v) is 7.46. The third kappa shape index (κ3) is 3.24. The summed E-state index contributed by atoms with van der Waals surface area (Å²) in [6.45, 7) is 2.60. The second kappa shape index (κ2) is 6.95. The van der Waals surface area contributed by atoms with Gasteiger partial charge in [-0.3, -0.25) is 9.88 Å². The van der Waals surface area contributed by atoms with Crippen molar-refractivity contribution < 1.29 is 8.78 Å². The number of fused-ring (bicyclic) bond motifs is 2. The molecule has 1 aliphatic heterocycles. The first kappa shape index (κ1) is 17.3. The number of nitrogens with zero attached hydrogens (tertiary/aromatic N) is 3. The molecular weight excluding hydrogens is 358 g/mol. The second-order valence-electron chi connectivity index (χ2n) is 7.46. The Hall–Kier alpha value is -2.86. The van der Waals surface area contributed by atoms with Gasteiger partial charge >= 0.3 is 0 Å². The molecule has 6 heteroatoms. The van der Waals surface area contributed by atoms with Crippen LogP contribution in [-0.2, 0) is 6.54 Å². The number of H-pyrrole nitrogens is 1. The Kier molecular flexibility index (Phi) is 4.28. The fraction of sp³-hybridized carbons (Fsp3) is 0.273. The highest BCUT2D eigenvalue weighted by Gasteiger charge is 2.23. The van der Waals surface area contributed by atoms with E-state index < -0.39 is 0 Å². The number of benzene rings is 2. The predicted octanol–water partition coefficient (Wildman–Crippen LogP) is 4.77. The summed E-state index contributed by atoms with van der Waals surface area (Å²) < 4.78 is 27.1. The average Bonchev–Trinajstić information content (AvgIpc) is 3.09. The zero-order chi connectivity index (χ0) is 19.1. The lowest BCUT2D eigenvalue weighted by Crippen LogP contribution is -2.32. The Labute approximate surface area is 161 Å². The van der Waals surface area contributed by atoms with Crippen LogP contribution in [0.3, 0.4) is 0 Å². The van der Waals surface area contributed by atoms with Crippen LogP contribution >= 0.6 is 0 Å². The van der Waals surface area contributed by atoms with Gasteiger partial charge in [-0.15, -0.1) is 0 Å². The number of rotatable bonds is 3. The van der Waals surface area contributed by atoms with Gasteiger partial charge in [0, 0.05) is 11.6 Å². The monoisotopic (exact) mass is 378 g/mol. The molecule has 1 aliphatic rings. The Bertz CT molecular complexity index is 1150. The third-order valence-corrected chi connectivity index (χ3v) is 5.63. The molecule has 3 heterocycles. The minimum absolute atomic E-state index is 0.222. The number of aromatic amines is 1. The van der Waals surface area contributed by atoms with Crippen molar-refractivity contribution in [2.24, 2.45) is 0 Å². The van der Waals surface area contributed by atoms with Crippen molar-refractivity contribution in [3.05, 3.63) is 71.7 Å². The maximum absolute atomic E-state index is 13.7. The molecule has 1 saturated heterocycles. The number of hydrogen-bond acceptors (Lipinski definition) is 3. The van der Waals surface area contributed by atoms with Gasteiger partial charge < -0.3 is 4.98 Å². The molecule has 142 valence electrons. The van der Waals surface area contributed by atoms with Crippen molar-refractivity contribution in [1.82, 2.24) is 19.9 Å². The molecule has 4 nitrogen and oxygen atoms in total. The van der Waals surface area contributed by atoms with E-state index in [1.54, 1.807) is 18.2 Å². The molecule has 1 N–H and O–H groups in total. The Morgan fingerprint density at radius 3 is 2.54 bits per heavy atom. The van der Waals surface area contributed by atoms with E-state index in [4.69, 9.17) is 0 Å². The quantitative estimate of drug-likeness (QED) is 0.559. The van der Waals surface area contributed by atoms with Crippen LogP contribution in [0.1, 0.15) is 30.1 Å². The number of nitrogens with one attached hydrogen (secondary N) is 1. The molecule has 28 heavy (non-hydrogen) atoms. The number of halogens is 2. The normalized spacial score (nSPS) is 16.2. The third-order valence-electron chi connectivity index (χ3n) is 5.63. The van der Waals surface area contributed by atoms with Crippen LogP contribution in [0.15, 0.2) is 48.7 Å². The first-order valence-electron chi connectivity index (χ1n) is 9.56. The summed E-state index contributed by atoms with van der Waals surface area (Å²) in [7, 11) is 0. The number of pyridine rings is 1. The van der Waals surface area contributed by atoms with Crippen LogP contribution in [0.5, 0.6) is 0 Å². The van der Waals surface area contributed by atoms with Crippen LogP contribution in [0.4, 0.5) is 8.78 Å². The van der Waals surface area contributed by atoms with E-state index >= 15 is 0 Å². The summed E-state index contributed by atoms with van der Waals surface area (Å²) in [5, 5.41) is 0.917. The van der Waals surface area contributed by atoms with E-state index in [2.05, 4.69) is 19.9 Å². The van der Waals surface area contributed by atoms with Gasteiger partial charge in [-0.25, -0.2) is 13.8 Å². The number of imidazole rings is 1. The van der Waals surface area contributed by atoms with Gasteiger partial charge in [-0.2, -0.15) is 0 Å². The Morgan fingerprint density at radius 1 is 0.964 bits per heavy atom. The van der Waals surface area contributed by atoms with Gasteiger partial charge in [0.25, 0.3) is 0 Å². The van der Waals surface area contributed by atoms with Crippen molar-refractivity contribution in [2.75, 3.05) is 13.1 Å². The predicted molar refractivity (Wildman–Crippen MR) is 105 cm³/mol. The maximum atomic E-state index is 13.7. The summed E-state index contributed by atoms with van der Waals surface area (Å²) in [5.41, 5.74) is 3.55. The van der Waals surface area contributed by atoms with Crippen LogP contribution < -0.4 is 0 Å². The molecule has 4 aromatic rings. The molecule has 0 atom stereocenters. The van der Waals surface area contributed by atoms with Crippen LogP contribution in [0.25, 0.3) is 21.9 Å². The average molecular weight is 378 g/mol. The molecule has 0 saturated carbocycles. The molecule has 0 unspecified atom stereocenters. The van der Waals surface area contributed by atoms with E-state index in [1.165, 1.54) is 23.8 Å². The smallest absolute Gasteiger partial charge is 0.125 e. The van der Waals surface area contributed by atoms with Gasteiger partial charge in [0.15, 0.2) is 0 Å². The fourth-order valence-electron chi connectivity index (χ4n) is 4.22. The lowest BCUT2D eigenvalue weighted by molar-refractivity contribution is 0.201. The molecule has 5 rings (SSSR count). The summed E-state index contributed by atoms with van der Waals surface area (Å²) >= 11 is 0. The molecule has 2 aromatic carbocycles. The first-order chi connectivity index (χ1) is 13.7. The number of likely N-dealkylation sites (tertiary alicyclic amines) is 1. The highest BCUT2D eigenvalue weighted by Crippen LogP contribution is 2.33. The molecule has 1 fully saturated rings. The molecule has 0 spiro atoms. The minimum Gasteiger partial charge on any atom is -0.341 e. The summed E-state index contributed by atoms with van der Waals surface area (Å²) in [4.78, 5) is 14.5. The largest absolute Gasteiger partial charge is 0.341 e. The number of piperidine rings is 1. The molecule has 0 bridgehead atoms. The molecule has 0 aliphatic carbocycles. The molecule has 2 aromatic heterocycles. The van der Waals surface area contributed by atoms with Crippen LogP contribution in [-0.4, -0.2) is 32.9 Å². The van der Waals surface area contributed by atoms with Gasteiger partial charge in [0.2, 0.25) is 0 Å². The standard InChI is InChI=1S/C22H20F2N4/c23-15-1-3-19-18(11-15)17(5-8-25-19)14-6-9-28(10-7-14)13-22-26-20-4-2-16(24)12-21(20)27-22/h1-5,8,11-12,14H,6-7,9-10,13H2,(H,26,27). The molecule has 0 amide bonds. The van der Waals surface area contributed by atoms with E-state index in [0.29, 0.717) is 5.92 Å². The number of aromatic nitrogens is 3. The van der Waals surface area contributed by atoms with E-state index in [0.717, 1.165) is 60.2 Å². The van der Waals surface area contributed by atoms with Gasteiger partial charge in [-0.1, -0.05) is 0 Å². The summed E-state index contributed by atoms with van der Waals surface area (Å²) in [5.74, 6) is 0.772. The zero-order valence-corrected chi connectivity index (χ0v) is 15.3. The van der Waals surface area contributed by atoms with Crippen molar-refractivity contribution in [1.29, 1.82) is 0 Å². The SMILES string of the molecule is Fc1ccc2nc(CN3CCC(c4ccnc5ccc(F)cc45)CC3)[nH]c2c1. The molecular formula is C22H20F2N4. The van der Waals surface area contributed by atoms with Crippen molar-refractivity contribution in [2.45, 2.75) is 25.3 Å². The minimum atomic E-state index is -0.260. The van der Waals surface area contributed by atoms with Crippen molar-refractivity contribution in [3.8, 4) is 0 Å². The Balaban J connectivity index is 1.30. The van der Waals surface area contributed by atoms with Crippen molar-refractivity contribution >= 4 is 21.9 Å². The van der Waals surface area contributed by atoms with E-state index in [9.17, 15) is 8.78 Å². The molecule has 0 radical (unpaired) electrons. The van der Waals surface area contributed by atoms with Gasteiger partial charge in [0.1, 0.15) is 17.5 Å². The van der Waals surface area contributed by atoms with Gasteiger partial charge in [0.05, 0.1) is 23.1 Å². The van der Waals surface area contributed by atoms with Gasteiger partial charge in [-0.05, 0) is 79.9 Å². The fourth-order valence-corrected chi connectivity index (χ4v) is 4.22. The highest BCUT2D eigenvalue weighted by atomic mass is 19.1.